The Morgan fingerprint density at radius 2 is 2.36 bits per heavy atom. The highest BCUT2D eigenvalue weighted by Crippen LogP contribution is 2.41. The first kappa shape index (κ1) is 9.47. The molecule has 0 radical (unpaired) electrons. The molecule has 1 heterocycles. The number of aromatic nitrogens is 1. The van der Waals surface area contributed by atoms with Gasteiger partial charge >= 0.3 is 0 Å². The molecular formula is C10H9BrN2O. The van der Waals surface area contributed by atoms with Crippen molar-refractivity contribution in [3.8, 4) is 11.9 Å². The molecule has 1 aromatic rings. The number of nitrogens with zero attached hydrogens (tertiary/aromatic N) is 2. The molecule has 0 aromatic carbocycles. The summed E-state index contributed by atoms with van der Waals surface area (Å²) in [6.45, 7) is 0. The van der Waals surface area contributed by atoms with Crippen molar-refractivity contribution in [1.29, 1.82) is 5.26 Å². The van der Waals surface area contributed by atoms with Gasteiger partial charge in [0.1, 0.15) is 6.07 Å². The lowest BCUT2D eigenvalue weighted by molar-refractivity contribution is 0.393. The van der Waals surface area contributed by atoms with Crippen LogP contribution in [0.4, 0.5) is 0 Å². The van der Waals surface area contributed by atoms with Crippen LogP contribution in [0, 0.1) is 11.3 Å². The third-order valence-electron chi connectivity index (χ3n) is 2.26. The Kier molecular flexibility index (Phi) is 2.42. The molecule has 14 heavy (non-hydrogen) atoms. The number of pyridine rings is 1. The zero-order chi connectivity index (χ0) is 10.1. The Morgan fingerprint density at radius 1 is 1.64 bits per heavy atom. The van der Waals surface area contributed by atoms with E-state index in [0.29, 0.717) is 21.8 Å². The largest absolute Gasteiger partial charge is 0.480 e. The van der Waals surface area contributed by atoms with Crippen molar-refractivity contribution in [2.24, 2.45) is 0 Å². The van der Waals surface area contributed by atoms with Crippen molar-refractivity contribution < 1.29 is 4.74 Å². The van der Waals surface area contributed by atoms with Gasteiger partial charge in [-0.15, -0.1) is 0 Å². The van der Waals surface area contributed by atoms with Gasteiger partial charge in [0.2, 0.25) is 5.88 Å². The molecule has 0 bridgehead atoms. The minimum atomic E-state index is 0.506. The Balaban J connectivity index is 2.50. The molecule has 0 amide bonds. The summed E-state index contributed by atoms with van der Waals surface area (Å²) in [5.74, 6) is 1.04. The number of methoxy groups -OCH3 is 1. The van der Waals surface area contributed by atoms with E-state index >= 15 is 0 Å². The number of rotatable bonds is 2. The predicted octanol–water partition coefficient (Wildman–Crippen LogP) is 2.60. The monoisotopic (exact) mass is 252 g/mol. The molecule has 0 atom stereocenters. The van der Waals surface area contributed by atoms with Crippen molar-refractivity contribution in [2.75, 3.05) is 7.11 Å². The summed E-state index contributed by atoms with van der Waals surface area (Å²) in [6, 6.07) is 3.96. The van der Waals surface area contributed by atoms with Gasteiger partial charge in [-0.2, -0.15) is 5.26 Å². The van der Waals surface area contributed by atoms with Crippen molar-refractivity contribution in [3.63, 3.8) is 0 Å². The van der Waals surface area contributed by atoms with E-state index in [1.807, 2.05) is 6.07 Å². The molecule has 1 saturated carbocycles. The SMILES string of the molecule is COc1nc(C2CC2)cc(C#N)c1Br. The van der Waals surface area contributed by atoms with Gasteiger partial charge in [0, 0.05) is 11.6 Å². The number of hydrogen-bond donors (Lipinski definition) is 0. The normalized spacial score (nSPS) is 14.9. The molecule has 0 N–H and O–H groups in total. The Bertz CT molecular complexity index is 407. The highest BCUT2D eigenvalue weighted by Gasteiger charge is 2.27. The van der Waals surface area contributed by atoms with Crippen LogP contribution in [0.1, 0.15) is 30.0 Å². The summed E-state index contributed by atoms with van der Waals surface area (Å²) in [6.07, 6.45) is 2.34. The van der Waals surface area contributed by atoms with Crippen LogP contribution in [0.15, 0.2) is 10.5 Å². The van der Waals surface area contributed by atoms with E-state index < -0.39 is 0 Å². The third-order valence-corrected chi connectivity index (χ3v) is 3.02. The second-order valence-corrected chi connectivity index (χ2v) is 4.10. The zero-order valence-electron chi connectivity index (χ0n) is 7.75. The molecule has 0 saturated heterocycles. The van der Waals surface area contributed by atoms with E-state index in [4.69, 9.17) is 10.00 Å². The van der Waals surface area contributed by atoms with E-state index in [-0.39, 0.29) is 0 Å². The van der Waals surface area contributed by atoms with E-state index in [2.05, 4.69) is 27.0 Å². The highest BCUT2D eigenvalue weighted by atomic mass is 79.9. The maximum atomic E-state index is 8.90. The van der Waals surface area contributed by atoms with Crippen LogP contribution < -0.4 is 4.74 Å². The summed E-state index contributed by atoms with van der Waals surface area (Å²) in [5, 5.41) is 8.90. The molecule has 0 unspecified atom stereocenters. The molecule has 0 aliphatic heterocycles. The fourth-order valence-corrected chi connectivity index (χ4v) is 1.78. The number of ether oxygens (including phenoxy) is 1. The minimum Gasteiger partial charge on any atom is -0.480 e. The first-order valence-electron chi connectivity index (χ1n) is 4.40. The fraction of sp³-hybridized carbons (Fsp3) is 0.400. The Morgan fingerprint density at radius 3 is 2.86 bits per heavy atom. The van der Waals surface area contributed by atoms with Gasteiger partial charge in [0.25, 0.3) is 0 Å². The third kappa shape index (κ3) is 1.60. The molecule has 1 aromatic heterocycles. The predicted molar refractivity (Wildman–Crippen MR) is 55.2 cm³/mol. The molecule has 4 heteroatoms. The summed E-state index contributed by atoms with van der Waals surface area (Å²) < 4.78 is 5.74. The second-order valence-electron chi connectivity index (χ2n) is 3.30. The summed E-state index contributed by atoms with van der Waals surface area (Å²) in [5.41, 5.74) is 1.57. The van der Waals surface area contributed by atoms with E-state index in [0.717, 1.165) is 5.69 Å². The van der Waals surface area contributed by atoms with E-state index in [1.165, 1.54) is 12.8 Å². The number of hydrogen-bond acceptors (Lipinski definition) is 3. The van der Waals surface area contributed by atoms with Crippen LogP contribution in [-0.2, 0) is 0 Å². The van der Waals surface area contributed by atoms with Gasteiger partial charge in [-0.3, -0.25) is 0 Å². The highest BCUT2D eigenvalue weighted by molar-refractivity contribution is 9.10. The lowest BCUT2D eigenvalue weighted by atomic mass is 10.2. The topological polar surface area (TPSA) is 45.9 Å². The van der Waals surface area contributed by atoms with Crippen LogP contribution >= 0.6 is 15.9 Å². The van der Waals surface area contributed by atoms with Crippen LogP contribution in [0.3, 0.4) is 0 Å². The second kappa shape index (κ2) is 3.58. The minimum absolute atomic E-state index is 0.506. The molecule has 1 aliphatic carbocycles. The van der Waals surface area contributed by atoms with Crippen LogP contribution in [0.25, 0.3) is 0 Å². The van der Waals surface area contributed by atoms with Crippen LogP contribution in [0.2, 0.25) is 0 Å². The van der Waals surface area contributed by atoms with Gasteiger partial charge in [0.05, 0.1) is 17.1 Å². The zero-order valence-corrected chi connectivity index (χ0v) is 9.34. The first-order valence-corrected chi connectivity index (χ1v) is 5.20. The fourth-order valence-electron chi connectivity index (χ4n) is 1.33. The van der Waals surface area contributed by atoms with Crippen molar-refractivity contribution in [3.05, 3.63) is 21.8 Å². The van der Waals surface area contributed by atoms with Crippen molar-refractivity contribution in [2.45, 2.75) is 18.8 Å². The Labute approximate surface area is 90.8 Å². The first-order chi connectivity index (χ1) is 6.76. The van der Waals surface area contributed by atoms with Gasteiger partial charge < -0.3 is 4.74 Å². The molecule has 2 rings (SSSR count). The molecule has 1 fully saturated rings. The van der Waals surface area contributed by atoms with Gasteiger partial charge in [-0.05, 0) is 34.8 Å². The molecule has 3 nitrogen and oxygen atoms in total. The smallest absolute Gasteiger partial charge is 0.229 e. The van der Waals surface area contributed by atoms with Gasteiger partial charge in [0.15, 0.2) is 0 Å². The number of nitriles is 1. The lowest BCUT2D eigenvalue weighted by Gasteiger charge is -2.06. The Hall–Kier alpha value is -1.08. The maximum absolute atomic E-state index is 8.90. The quantitative estimate of drug-likeness (QED) is 0.813. The van der Waals surface area contributed by atoms with Crippen LogP contribution in [-0.4, -0.2) is 12.1 Å². The number of halogens is 1. The van der Waals surface area contributed by atoms with Crippen molar-refractivity contribution in [1.82, 2.24) is 4.98 Å². The lowest BCUT2D eigenvalue weighted by Crippen LogP contribution is -1.96. The van der Waals surface area contributed by atoms with E-state index in [1.54, 1.807) is 7.11 Å². The van der Waals surface area contributed by atoms with Crippen LogP contribution in [0.5, 0.6) is 5.88 Å². The molecular weight excluding hydrogens is 244 g/mol. The van der Waals surface area contributed by atoms with E-state index in [9.17, 15) is 0 Å². The summed E-state index contributed by atoms with van der Waals surface area (Å²) in [4.78, 5) is 4.34. The molecule has 0 spiro atoms. The van der Waals surface area contributed by atoms with Gasteiger partial charge in [-0.1, -0.05) is 0 Å². The summed E-state index contributed by atoms with van der Waals surface area (Å²) in [7, 11) is 1.56. The van der Waals surface area contributed by atoms with Gasteiger partial charge in [-0.25, -0.2) is 4.98 Å². The average Bonchev–Trinajstić information content (AvgIpc) is 3.02. The molecule has 72 valence electrons. The van der Waals surface area contributed by atoms with Crippen molar-refractivity contribution >= 4 is 15.9 Å². The standard InChI is InChI=1S/C10H9BrN2O/c1-14-10-9(11)7(5-12)4-8(13-10)6-2-3-6/h4,6H,2-3H2,1H3. The molecule has 1 aliphatic rings. The average molecular weight is 253 g/mol. The summed E-state index contributed by atoms with van der Waals surface area (Å²) >= 11 is 3.30. The maximum Gasteiger partial charge on any atom is 0.229 e.